The van der Waals surface area contributed by atoms with Gasteiger partial charge in [-0.1, -0.05) is 6.07 Å². The predicted octanol–water partition coefficient (Wildman–Crippen LogP) is 2.04. The number of nitrogens with one attached hydrogen (secondary N) is 1. The van der Waals surface area contributed by atoms with Crippen LogP contribution in [0, 0.1) is 0 Å². The molecule has 0 aliphatic carbocycles. The van der Waals surface area contributed by atoms with Crippen molar-refractivity contribution in [1.29, 1.82) is 0 Å². The zero-order chi connectivity index (χ0) is 11.8. The fraction of sp³-hybridized carbons (Fsp3) is 0.308. The Hall–Kier alpha value is -1.97. The number of nitrogen functional groups attached to an aromatic ring is 1. The highest BCUT2D eigenvalue weighted by molar-refractivity contribution is 5.67. The summed E-state index contributed by atoms with van der Waals surface area (Å²) in [6, 6.07) is 6.61. The Morgan fingerprint density at radius 3 is 3.18 bits per heavy atom. The van der Waals surface area contributed by atoms with Crippen LogP contribution >= 0.6 is 0 Å². The smallest absolute Gasteiger partial charge is 0.0953 e. The van der Waals surface area contributed by atoms with Gasteiger partial charge in [0, 0.05) is 18.9 Å². The minimum Gasteiger partial charge on any atom is -0.397 e. The molecule has 1 aromatic carbocycles. The van der Waals surface area contributed by atoms with E-state index in [1.54, 1.807) is 0 Å². The van der Waals surface area contributed by atoms with E-state index in [4.69, 9.17) is 5.73 Å². The van der Waals surface area contributed by atoms with Crippen LogP contribution in [0.1, 0.15) is 23.7 Å². The van der Waals surface area contributed by atoms with Crippen LogP contribution in [0.25, 0.3) is 0 Å². The third-order valence-electron chi connectivity index (χ3n) is 3.49. The number of fused-ring (bicyclic) bond motifs is 1. The van der Waals surface area contributed by atoms with Gasteiger partial charge in [-0.2, -0.15) is 0 Å². The van der Waals surface area contributed by atoms with Gasteiger partial charge in [0.05, 0.1) is 23.7 Å². The third kappa shape index (κ3) is 1.56. The van der Waals surface area contributed by atoms with Gasteiger partial charge in [-0.05, 0) is 30.5 Å². The monoisotopic (exact) mass is 228 g/mol. The molecule has 1 aliphatic heterocycles. The Kier molecular flexibility index (Phi) is 2.28. The number of hydrogen-bond donors (Lipinski definition) is 2. The van der Waals surface area contributed by atoms with E-state index in [9.17, 15) is 0 Å². The molecule has 17 heavy (non-hydrogen) atoms. The van der Waals surface area contributed by atoms with E-state index in [0.29, 0.717) is 6.04 Å². The second kappa shape index (κ2) is 3.80. The van der Waals surface area contributed by atoms with Crippen LogP contribution in [0.4, 0.5) is 11.4 Å². The third-order valence-corrected chi connectivity index (χ3v) is 3.49. The summed E-state index contributed by atoms with van der Waals surface area (Å²) in [7, 11) is 1.90. The molecule has 2 heterocycles. The van der Waals surface area contributed by atoms with Gasteiger partial charge in [0.1, 0.15) is 0 Å². The lowest BCUT2D eigenvalue weighted by Gasteiger charge is -2.15. The van der Waals surface area contributed by atoms with Crippen molar-refractivity contribution in [1.82, 2.24) is 9.55 Å². The highest BCUT2D eigenvalue weighted by atomic mass is 15.1. The van der Waals surface area contributed by atoms with E-state index >= 15 is 0 Å². The maximum atomic E-state index is 5.89. The molecule has 1 aliphatic rings. The second-order valence-corrected chi connectivity index (χ2v) is 4.44. The molecule has 0 amide bonds. The van der Waals surface area contributed by atoms with Crippen LogP contribution in [0.2, 0.25) is 0 Å². The first-order chi connectivity index (χ1) is 8.29. The molecule has 1 aromatic heterocycles. The zero-order valence-corrected chi connectivity index (χ0v) is 9.85. The van der Waals surface area contributed by atoms with Gasteiger partial charge in [-0.15, -0.1) is 0 Å². The zero-order valence-electron chi connectivity index (χ0n) is 9.85. The first kappa shape index (κ1) is 10.2. The number of nitrogens with zero attached hydrogens (tertiary/aromatic N) is 2. The van der Waals surface area contributed by atoms with Crippen LogP contribution in [0.5, 0.6) is 0 Å². The number of rotatable bonds is 2. The molecule has 0 saturated carbocycles. The predicted molar refractivity (Wildman–Crippen MR) is 69.1 cm³/mol. The van der Waals surface area contributed by atoms with E-state index in [2.05, 4.69) is 27.0 Å². The van der Waals surface area contributed by atoms with Gasteiger partial charge in [-0.25, -0.2) is 4.98 Å². The van der Waals surface area contributed by atoms with Gasteiger partial charge in [0.2, 0.25) is 0 Å². The van der Waals surface area contributed by atoms with E-state index in [-0.39, 0.29) is 0 Å². The fourth-order valence-electron chi connectivity index (χ4n) is 2.55. The normalized spacial score (nSPS) is 18.1. The van der Waals surface area contributed by atoms with Crippen molar-refractivity contribution in [2.75, 3.05) is 18.1 Å². The van der Waals surface area contributed by atoms with Crippen LogP contribution in [0.15, 0.2) is 30.7 Å². The molecule has 1 unspecified atom stereocenters. The van der Waals surface area contributed by atoms with E-state index < -0.39 is 0 Å². The summed E-state index contributed by atoms with van der Waals surface area (Å²) in [6.07, 6.45) is 6.12. The molecule has 2 aromatic rings. The molecule has 0 fully saturated rings. The average molecular weight is 228 g/mol. The standard InChI is InChI=1S/C13H16N4/c1-15-12-6-9(2-4-11(12)14)13-5-3-10-7-16-8-17(10)13/h2,4,6-8,13,15H,3,5,14H2,1H3. The highest BCUT2D eigenvalue weighted by Crippen LogP contribution is 2.33. The van der Waals surface area contributed by atoms with Crippen LogP contribution in [-0.4, -0.2) is 16.6 Å². The van der Waals surface area contributed by atoms with Gasteiger partial charge in [0.25, 0.3) is 0 Å². The number of hydrogen-bond acceptors (Lipinski definition) is 3. The van der Waals surface area contributed by atoms with Crippen molar-refractivity contribution in [3.05, 3.63) is 42.0 Å². The van der Waals surface area contributed by atoms with E-state index in [1.165, 1.54) is 11.3 Å². The lowest BCUT2D eigenvalue weighted by molar-refractivity contribution is 0.616. The molecular weight excluding hydrogens is 212 g/mol. The first-order valence-corrected chi connectivity index (χ1v) is 5.87. The Labute approximate surface area is 100 Å². The summed E-state index contributed by atoms with van der Waals surface area (Å²) in [5.41, 5.74) is 10.3. The molecule has 0 bridgehead atoms. The summed E-state index contributed by atoms with van der Waals surface area (Å²) >= 11 is 0. The number of benzene rings is 1. The number of aryl methyl sites for hydroxylation is 1. The van der Waals surface area contributed by atoms with Crippen molar-refractivity contribution < 1.29 is 0 Å². The lowest BCUT2D eigenvalue weighted by Crippen LogP contribution is -2.06. The summed E-state index contributed by atoms with van der Waals surface area (Å²) in [4.78, 5) is 4.20. The lowest BCUT2D eigenvalue weighted by atomic mass is 10.0. The van der Waals surface area contributed by atoms with Crippen molar-refractivity contribution in [2.24, 2.45) is 0 Å². The largest absolute Gasteiger partial charge is 0.397 e. The first-order valence-electron chi connectivity index (χ1n) is 5.87. The number of anilines is 2. The maximum Gasteiger partial charge on any atom is 0.0953 e. The van der Waals surface area contributed by atoms with E-state index in [0.717, 1.165) is 24.2 Å². The van der Waals surface area contributed by atoms with Gasteiger partial charge < -0.3 is 15.6 Å². The van der Waals surface area contributed by atoms with Gasteiger partial charge >= 0.3 is 0 Å². The minimum absolute atomic E-state index is 0.403. The topological polar surface area (TPSA) is 55.9 Å². The Balaban J connectivity index is 2.01. The van der Waals surface area contributed by atoms with E-state index in [1.807, 2.05) is 25.6 Å². The molecule has 0 radical (unpaired) electrons. The number of aromatic nitrogens is 2. The molecule has 88 valence electrons. The van der Waals surface area contributed by atoms with Crippen LogP contribution in [0.3, 0.4) is 0 Å². The molecular formula is C13H16N4. The molecule has 3 rings (SSSR count). The summed E-state index contributed by atoms with van der Waals surface area (Å²) in [6.45, 7) is 0. The molecule has 0 spiro atoms. The molecule has 0 saturated heterocycles. The van der Waals surface area contributed by atoms with Crippen molar-refractivity contribution in [3.8, 4) is 0 Å². The van der Waals surface area contributed by atoms with Crippen molar-refractivity contribution >= 4 is 11.4 Å². The van der Waals surface area contributed by atoms with Crippen molar-refractivity contribution in [3.63, 3.8) is 0 Å². The van der Waals surface area contributed by atoms with Crippen LogP contribution < -0.4 is 11.1 Å². The summed E-state index contributed by atoms with van der Waals surface area (Å²) in [5.74, 6) is 0. The number of nitrogens with two attached hydrogens (primary N) is 1. The quantitative estimate of drug-likeness (QED) is 0.773. The minimum atomic E-state index is 0.403. The molecule has 3 N–H and O–H groups in total. The summed E-state index contributed by atoms with van der Waals surface area (Å²) < 4.78 is 2.25. The Morgan fingerprint density at radius 2 is 2.35 bits per heavy atom. The molecule has 4 nitrogen and oxygen atoms in total. The van der Waals surface area contributed by atoms with Crippen molar-refractivity contribution in [2.45, 2.75) is 18.9 Å². The summed E-state index contributed by atoms with van der Waals surface area (Å²) in [5, 5.41) is 3.13. The Morgan fingerprint density at radius 1 is 1.47 bits per heavy atom. The van der Waals surface area contributed by atoms with Crippen LogP contribution in [-0.2, 0) is 6.42 Å². The Bertz CT molecular complexity index is 544. The molecule has 4 heteroatoms. The second-order valence-electron chi connectivity index (χ2n) is 4.44. The average Bonchev–Trinajstić information content (AvgIpc) is 2.92. The number of imidazole rings is 1. The fourth-order valence-corrected chi connectivity index (χ4v) is 2.55. The van der Waals surface area contributed by atoms with Gasteiger partial charge in [0.15, 0.2) is 0 Å². The van der Waals surface area contributed by atoms with Gasteiger partial charge in [-0.3, -0.25) is 0 Å². The SMILES string of the molecule is CNc1cc(C2CCc3cncn32)ccc1N. The maximum absolute atomic E-state index is 5.89. The molecule has 1 atom stereocenters. The highest BCUT2D eigenvalue weighted by Gasteiger charge is 2.23.